The molecule has 2 amide bonds. The van der Waals surface area contributed by atoms with Crippen molar-refractivity contribution >= 4 is 35.0 Å². The van der Waals surface area contributed by atoms with Gasteiger partial charge >= 0.3 is 0 Å². The maximum atomic E-state index is 12.5. The molecule has 10 heteroatoms. The van der Waals surface area contributed by atoms with Crippen LogP contribution in [0.25, 0.3) is 0 Å². The molecule has 0 aliphatic carbocycles. The van der Waals surface area contributed by atoms with E-state index in [4.69, 9.17) is 11.1 Å². The van der Waals surface area contributed by atoms with Gasteiger partial charge in [0.1, 0.15) is 23.8 Å². The van der Waals surface area contributed by atoms with Crippen LogP contribution in [0.3, 0.4) is 0 Å². The number of nitrogens with zero attached hydrogens (tertiary/aromatic N) is 4. The quantitative estimate of drug-likeness (QED) is 0.306. The van der Waals surface area contributed by atoms with E-state index in [1.54, 1.807) is 53.6 Å². The molecule has 178 valence electrons. The van der Waals surface area contributed by atoms with Gasteiger partial charge in [0.15, 0.2) is 0 Å². The van der Waals surface area contributed by atoms with Crippen molar-refractivity contribution in [2.24, 2.45) is 0 Å². The lowest BCUT2D eigenvalue weighted by Crippen LogP contribution is -2.44. The molecule has 1 aliphatic rings. The number of nitrogens with one attached hydrogen (secondary N) is 3. The van der Waals surface area contributed by atoms with Crippen molar-refractivity contribution in [1.29, 1.82) is 5.41 Å². The van der Waals surface area contributed by atoms with Crippen LogP contribution < -0.4 is 16.4 Å². The first kappa shape index (κ1) is 23.6. The zero-order chi connectivity index (χ0) is 24.8. The molecule has 10 nitrogen and oxygen atoms in total. The zero-order valence-corrected chi connectivity index (χ0v) is 19.1. The SMILES string of the molecule is C=CC(=O)N1CCCC(Nc2ncnc(N)c2C(=N)c2ccc(C(=O)Nc3ccccn3)cc2)C1. The highest BCUT2D eigenvalue weighted by Gasteiger charge is 2.25. The summed E-state index contributed by atoms with van der Waals surface area (Å²) < 4.78 is 0. The number of aromatic nitrogens is 3. The molecule has 0 saturated carbocycles. The molecule has 5 N–H and O–H groups in total. The summed E-state index contributed by atoms with van der Waals surface area (Å²) >= 11 is 0. The molecule has 3 heterocycles. The Kier molecular flexibility index (Phi) is 7.10. The van der Waals surface area contributed by atoms with Gasteiger partial charge in [0.2, 0.25) is 5.91 Å². The molecule has 1 saturated heterocycles. The van der Waals surface area contributed by atoms with Crippen LogP contribution in [0.1, 0.15) is 34.3 Å². The largest absolute Gasteiger partial charge is 0.383 e. The van der Waals surface area contributed by atoms with E-state index < -0.39 is 0 Å². The smallest absolute Gasteiger partial charge is 0.256 e. The first-order valence-electron chi connectivity index (χ1n) is 11.2. The number of pyridine rings is 1. The summed E-state index contributed by atoms with van der Waals surface area (Å²) in [5.41, 5.74) is 7.61. The van der Waals surface area contributed by atoms with E-state index in [1.165, 1.54) is 12.4 Å². The van der Waals surface area contributed by atoms with E-state index in [0.29, 0.717) is 41.4 Å². The van der Waals surface area contributed by atoms with Crippen molar-refractivity contribution in [1.82, 2.24) is 19.9 Å². The van der Waals surface area contributed by atoms with E-state index >= 15 is 0 Å². The van der Waals surface area contributed by atoms with Crippen LogP contribution in [-0.4, -0.2) is 56.5 Å². The highest BCUT2D eigenvalue weighted by Crippen LogP contribution is 2.24. The molecule has 1 aromatic carbocycles. The van der Waals surface area contributed by atoms with Gasteiger partial charge in [-0.05, 0) is 43.2 Å². The first-order valence-corrected chi connectivity index (χ1v) is 11.2. The van der Waals surface area contributed by atoms with Gasteiger partial charge < -0.3 is 21.3 Å². The Balaban J connectivity index is 1.51. The summed E-state index contributed by atoms with van der Waals surface area (Å²) in [6, 6.07) is 11.8. The highest BCUT2D eigenvalue weighted by atomic mass is 16.2. The molecule has 0 bridgehead atoms. The van der Waals surface area contributed by atoms with Crippen LogP contribution in [0.2, 0.25) is 0 Å². The standard InChI is InChI=1S/C25H26N8O2/c1-2-20(34)33-13-5-6-18(14-33)31-24-21(23(27)29-15-30-24)22(26)16-8-10-17(11-9-16)25(35)32-19-7-3-4-12-28-19/h2-4,7-12,15,18,26H,1,5-6,13-14H2,(H,28,32,35)(H3,27,29,30,31). The summed E-state index contributed by atoms with van der Waals surface area (Å²) in [6.07, 6.45) is 5.94. The lowest BCUT2D eigenvalue weighted by atomic mass is 10.0. The van der Waals surface area contributed by atoms with Crippen molar-refractivity contribution < 1.29 is 9.59 Å². The summed E-state index contributed by atoms with van der Waals surface area (Å²) in [5.74, 6) is 0.633. The number of anilines is 3. The Bertz CT molecular complexity index is 1240. The number of amides is 2. The topological polar surface area (TPSA) is 150 Å². The van der Waals surface area contributed by atoms with E-state index in [1.807, 2.05) is 0 Å². The summed E-state index contributed by atoms with van der Waals surface area (Å²) in [5, 5.41) is 14.8. The molecule has 35 heavy (non-hydrogen) atoms. The van der Waals surface area contributed by atoms with Gasteiger partial charge in [-0.2, -0.15) is 0 Å². The second-order valence-corrected chi connectivity index (χ2v) is 8.08. The normalized spacial score (nSPS) is 15.2. The first-order chi connectivity index (χ1) is 17.0. The molecule has 0 spiro atoms. The molecule has 0 radical (unpaired) electrons. The molecule has 2 aromatic heterocycles. The van der Waals surface area contributed by atoms with E-state index in [2.05, 4.69) is 32.2 Å². The average Bonchev–Trinajstić information content (AvgIpc) is 2.89. The number of carbonyl (C=O) groups excluding carboxylic acids is 2. The summed E-state index contributed by atoms with van der Waals surface area (Å²) in [6.45, 7) is 4.74. The molecule has 4 rings (SSSR count). The van der Waals surface area contributed by atoms with Gasteiger partial charge in [-0.25, -0.2) is 15.0 Å². The van der Waals surface area contributed by atoms with Crippen LogP contribution in [0, 0.1) is 5.41 Å². The fourth-order valence-corrected chi connectivity index (χ4v) is 3.93. The maximum absolute atomic E-state index is 12.5. The number of piperidine rings is 1. The van der Waals surface area contributed by atoms with Gasteiger partial charge in [0, 0.05) is 36.5 Å². The van der Waals surface area contributed by atoms with Crippen LogP contribution in [0.4, 0.5) is 17.5 Å². The van der Waals surface area contributed by atoms with Crippen LogP contribution in [0.5, 0.6) is 0 Å². The van der Waals surface area contributed by atoms with Crippen molar-refractivity contribution in [2.45, 2.75) is 18.9 Å². The number of hydrogen-bond acceptors (Lipinski definition) is 8. The Morgan fingerprint density at radius 2 is 1.89 bits per heavy atom. The number of rotatable bonds is 7. The molecule has 1 aliphatic heterocycles. The predicted molar refractivity (Wildman–Crippen MR) is 134 cm³/mol. The predicted octanol–water partition coefficient (Wildman–Crippen LogP) is 2.71. The fourth-order valence-electron chi connectivity index (χ4n) is 3.93. The third-order valence-electron chi connectivity index (χ3n) is 5.72. The van der Waals surface area contributed by atoms with Crippen molar-refractivity contribution in [3.8, 4) is 0 Å². The molecule has 1 atom stereocenters. The summed E-state index contributed by atoms with van der Waals surface area (Å²) in [7, 11) is 0. The number of hydrogen-bond donors (Lipinski definition) is 4. The lowest BCUT2D eigenvalue weighted by molar-refractivity contribution is -0.127. The Morgan fingerprint density at radius 3 is 2.60 bits per heavy atom. The molecular weight excluding hydrogens is 444 g/mol. The minimum absolute atomic E-state index is 0.0498. The van der Waals surface area contributed by atoms with Crippen molar-refractivity contribution in [2.75, 3.05) is 29.5 Å². The van der Waals surface area contributed by atoms with Gasteiger partial charge in [0.25, 0.3) is 5.91 Å². The van der Waals surface area contributed by atoms with Crippen LogP contribution in [-0.2, 0) is 4.79 Å². The number of nitrogen functional groups attached to an aromatic ring is 1. The molecule has 1 unspecified atom stereocenters. The van der Waals surface area contributed by atoms with Crippen molar-refractivity contribution in [3.05, 3.63) is 84.3 Å². The van der Waals surface area contributed by atoms with E-state index in [0.717, 1.165) is 12.8 Å². The van der Waals surface area contributed by atoms with Gasteiger partial charge in [0.05, 0.1) is 11.3 Å². The van der Waals surface area contributed by atoms with Crippen LogP contribution in [0.15, 0.2) is 67.6 Å². The Labute approximate surface area is 202 Å². The number of benzene rings is 1. The van der Waals surface area contributed by atoms with Gasteiger partial charge in [-0.3, -0.25) is 15.0 Å². The Hall–Kier alpha value is -4.60. The van der Waals surface area contributed by atoms with E-state index in [9.17, 15) is 9.59 Å². The van der Waals surface area contributed by atoms with Crippen molar-refractivity contribution in [3.63, 3.8) is 0 Å². The zero-order valence-electron chi connectivity index (χ0n) is 19.1. The highest BCUT2D eigenvalue weighted by molar-refractivity contribution is 6.16. The minimum Gasteiger partial charge on any atom is -0.383 e. The lowest BCUT2D eigenvalue weighted by Gasteiger charge is -2.33. The average molecular weight is 471 g/mol. The molecular formula is C25H26N8O2. The Morgan fingerprint density at radius 1 is 1.11 bits per heavy atom. The number of carbonyl (C=O) groups is 2. The number of likely N-dealkylation sites (tertiary alicyclic amines) is 1. The second-order valence-electron chi connectivity index (χ2n) is 8.08. The maximum Gasteiger partial charge on any atom is 0.256 e. The molecule has 1 fully saturated rings. The monoisotopic (exact) mass is 470 g/mol. The third-order valence-corrected chi connectivity index (χ3v) is 5.72. The minimum atomic E-state index is -0.303. The fraction of sp³-hybridized carbons (Fsp3) is 0.200. The van der Waals surface area contributed by atoms with Gasteiger partial charge in [-0.1, -0.05) is 24.8 Å². The second kappa shape index (κ2) is 10.6. The third kappa shape index (κ3) is 5.49. The van der Waals surface area contributed by atoms with Gasteiger partial charge in [-0.15, -0.1) is 0 Å². The summed E-state index contributed by atoms with van der Waals surface area (Å²) in [4.78, 5) is 38.7. The molecule has 3 aromatic rings. The number of nitrogens with two attached hydrogens (primary N) is 1. The van der Waals surface area contributed by atoms with E-state index in [-0.39, 0.29) is 29.4 Å². The van der Waals surface area contributed by atoms with Crippen LogP contribution >= 0.6 is 0 Å².